The molecule has 2 N–H and O–H groups in total. The second-order valence-corrected chi connectivity index (χ2v) is 6.15. The summed E-state index contributed by atoms with van der Waals surface area (Å²) in [4.78, 5) is 10.5. The van der Waals surface area contributed by atoms with Crippen LogP contribution in [-0.4, -0.2) is 19.5 Å². The third-order valence-corrected chi connectivity index (χ3v) is 4.25. The first-order valence-electron chi connectivity index (χ1n) is 5.61. The van der Waals surface area contributed by atoms with Crippen LogP contribution in [0.3, 0.4) is 0 Å². The zero-order valence-corrected chi connectivity index (χ0v) is 12.0. The van der Waals surface area contributed by atoms with Crippen LogP contribution in [-0.2, 0) is 10.0 Å². The van der Waals surface area contributed by atoms with Crippen molar-refractivity contribution in [1.29, 1.82) is 0 Å². The Morgan fingerprint density at radius 2 is 1.76 bits per heavy atom. The molecule has 0 aliphatic carbocycles. The van der Waals surface area contributed by atoms with Crippen LogP contribution in [0.1, 0.15) is 10.4 Å². The zero-order chi connectivity index (χ0) is 15.6. The minimum absolute atomic E-state index is 0.0303. The van der Waals surface area contributed by atoms with Crippen molar-refractivity contribution in [3.63, 3.8) is 0 Å². The lowest BCUT2D eigenvalue weighted by molar-refractivity contribution is 0.0697. The van der Waals surface area contributed by atoms with Gasteiger partial charge in [-0.2, -0.15) is 0 Å². The molecule has 0 heterocycles. The first-order chi connectivity index (χ1) is 9.79. The van der Waals surface area contributed by atoms with E-state index in [9.17, 15) is 17.6 Å². The lowest BCUT2D eigenvalue weighted by Gasteiger charge is -2.08. The van der Waals surface area contributed by atoms with Crippen molar-refractivity contribution >= 4 is 33.3 Å². The summed E-state index contributed by atoms with van der Waals surface area (Å²) < 4.78 is 39.4. The van der Waals surface area contributed by atoms with Crippen molar-refractivity contribution < 1.29 is 22.7 Å². The van der Waals surface area contributed by atoms with Crippen LogP contribution >= 0.6 is 11.6 Å². The second-order valence-electron chi connectivity index (χ2n) is 4.06. The summed E-state index contributed by atoms with van der Waals surface area (Å²) in [6.45, 7) is 0. The average Bonchev–Trinajstić information content (AvgIpc) is 2.42. The first-order valence-corrected chi connectivity index (χ1v) is 7.47. The lowest BCUT2D eigenvalue weighted by Crippen LogP contribution is -2.13. The molecular formula is C13H9ClFNO4S. The van der Waals surface area contributed by atoms with Crippen LogP contribution in [0, 0.1) is 5.82 Å². The fraction of sp³-hybridized carbons (Fsp3) is 0. The summed E-state index contributed by atoms with van der Waals surface area (Å²) in [5, 5.41) is 8.45. The molecule has 2 aromatic rings. The molecule has 0 fully saturated rings. The molecule has 0 saturated carbocycles. The molecule has 0 spiro atoms. The van der Waals surface area contributed by atoms with Gasteiger partial charge in [-0.05, 0) is 42.5 Å². The predicted octanol–water partition coefficient (Wildman–Crippen LogP) is 2.98. The fourth-order valence-electron chi connectivity index (χ4n) is 1.54. The summed E-state index contributed by atoms with van der Waals surface area (Å²) in [6, 6.07) is 8.17. The van der Waals surface area contributed by atoms with E-state index in [2.05, 4.69) is 4.72 Å². The van der Waals surface area contributed by atoms with Gasteiger partial charge in [0.1, 0.15) is 5.82 Å². The average molecular weight is 330 g/mol. The Morgan fingerprint density at radius 1 is 1.14 bits per heavy atom. The largest absolute Gasteiger partial charge is 0.478 e. The van der Waals surface area contributed by atoms with Crippen LogP contribution in [0.5, 0.6) is 0 Å². The Labute approximate surface area is 125 Å². The van der Waals surface area contributed by atoms with E-state index >= 15 is 0 Å². The van der Waals surface area contributed by atoms with Crippen molar-refractivity contribution in [1.82, 2.24) is 0 Å². The van der Waals surface area contributed by atoms with Gasteiger partial charge in [-0.1, -0.05) is 11.6 Å². The van der Waals surface area contributed by atoms with E-state index in [1.165, 1.54) is 24.3 Å². The third kappa shape index (κ3) is 3.50. The number of nitrogens with one attached hydrogen (secondary N) is 1. The number of hydrogen-bond acceptors (Lipinski definition) is 3. The van der Waals surface area contributed by atoms with Gasteiger partial charge in [0, 0.05) is 5.69 Å². The quantitative estimate of drug-likeness (QED) is 0.903. The van der Waals surface area contributed by atoms with Crippen LogP contribution in [0.25, 0.3) is 0 Å². The number of hydrogen-bond donors (Lipinski definition) is 2. The van der Waals surface area contributed by atoms with E-state index in [-0.39, 0.29) is 21.2 Å². The molecule has 0 unspecified atom stereocenters. The van der Waals surface area contributed by atoms with Gasteiger partial charge in [-0.25, -0.2) is 17.6 Å². The number of aromatic carboxylic acids is 1. The SMILES string of the molecule is O=C(O)c1ccc(NS(=O)(=O)c2ccc(F)c(Cl)c2)cc1. The smallest absolute Gasteiger partial charge is 0.335 e. The molecule has 21 heavy (non-hydrogen) atoms. The Hall–Kier alpha value is -2.12. The number of halogens is 2. The minimum Gasteiger partial charge on any atom is -0.478 e. The summed E-state index contributed by atoms with van der Waals surface area (Å²) >= 11 is 5.55. The monoisotopic (exact) mass is 329 g/mol. The highest BCUT2D eigenvalue weighted by molar-refractivity contribution is 7.92. The highest BCUT2D eigenvalue weighted by Crippen LogP contribution is 2.22. The summed E-state index contributed by atoms with van der Waals surface area (Å²) in [5.74, 6) is -1.84. The Kier molecular flexibility index (Phi) is 4.15. The molecule has 0 aliphatic rings. The van der Waals surface area contributed by atoms with Crippen molar-refractivity contribution in [2.75, 3.05) is 4.72 Å². The molecule has 0 aliphatic heterocycles. The van der Waals surface area contributed by atoms with Crippen molar-refractivity contribution in [2.45, 2.75) is 4.90 Å². The van der Waals surface area contributed by atoms with Crippen LogP contribution in [0.4, 0.5) is 10.1 Å². The van der Waals surface area contributed by atoms with Gasteiger partial charge < -0.3 is 5.11 Å². The molecule has 2 aromatic carbocycles. The third-order valence-electron chi connectivity index (χ3n) is 2.59. The number of carbonyl (C=O) groups is 1. The standard InChI is InChI=1S/C13H9ClFNO4S/c14-11-7-10(5-6-12(11)15)21(19,20)16-9-3-1-8(2-4-9)13(17)18/h1-7,16H,(H,17,18). The van der Waals surface area contributed by atoms with Gasteiger partial charge in [0.15, 0.2) is 0 Å². The van der Waals surface area contributed by atoms with Gasteiger partial charge in [-0.3, -0.25) is 4.72 Å². The number of benzene rings is 2. The van der Waals surface area contributed by atoms with Gasteiger partial charge in [-0.15, -0.1) is 0 Å². The topological polar surface area (TPSA) is 83.5 Å². The molecule has 5 nitrogen and oxygen atoms in total. The van der Waals surface area contributed by atoms with E-state index in [0.717, 1.165) is 18.2 Å². The Bertz CT molecular complexity index is 790. The highest BCUT2D eigenvalue weighted by atomic mass is 35.5. The van der Waals surface area contributed by atoms with Crippen LogP contribution in [0.15, 0.2) is 47.4 Å². The molecule has 0 radical (unpaired) electrons. The summed E-state index contributed by atoms with van der Waals surface area (Å²) in [6.07, 6.45) is 0. The van der Waals surface area contributed by atoms with E-state index < -0.39 is 21.8 Å². The molecule has 0 aromatic heterocycles. The highest BCUT2D eigenvalue weighted by Gasteiger charge is 2.16. The molecule has 0 saturated heterocycles. The maximum atomic E-state index is 13.0. The molecule has 110 valence electrons. The van der Waals surface area contributed by atoms with Crippen molar-refractivity contribution in [3.05, 3.63) is 58.9 Å². The maximum absolute atomic E-state index is 13.0. The first kappa shape index (κ1) is 15.3. The van der Waals surface area contributed by atoms with Gasteiger partial charge in [0.2, 0.25) is 0 Å². The molecule has 8 heteroatoms. The predicted molar refractivity (Wildman–Crippen MR) is 75.6 cm³/mol. The number of rotatable bonds is 4. The van der Waals surface area contributed by atoms with E-state index in [1.54, 1.807) is 0 Å². The maximum Gasteiger partial charge on any atom is 0.335 e. The zero-order valence-electron chi connectivity index (χ0n) is 10.4. The van der Waals surface area contributed by atoms with E-state index in [1.807, 2.05) is 0 Å². The van der Waals surface area contributed by atoms with Crippen LogP contribution < -0.4 is 4.72 Å². The van der Waals surface area contributed by atoms with Crippen molar-refractivity contribution in [3.8, 4) is 0 Å². The summed E-state index contributed by atoms with van der Waals surface area (Å²) in [5.41, 5.74) is 0.211. The van der Waals surface area contributed by atoms with E-state index in [0.29, 0.717) is 0 Å². The number of sulfonamides is 1. The van der Waals surface area contributed by atoms with Gasteiger partial charge in [0.05, 0.1) is 15.5 Å². The normalized spacial score (nSPS) is 11.1. The van der Waals surface area contributed by atoms with Gasteiger partial charge in [0.25, 0.3) is 10.0 Å². The van der Waals surface area contributed by atoms with Crippen molar-refractivity contribution in [2.24, 2.45) is 0 Å². The number of carboxylic acids is 1. The molecule has 0 bridgehead atoms. The molecule has 0 atom stereocenters. The molecular weight excluding hydrogens is 321 g/mol. The molecule has 0 amide bonds. The number of carboxylic acid groups (broad SMARTS) is 1. The summed E-state index contributed by atoms with van der Waals surface area (Å²) in [7, 11) is -3.93. The second kappa shape index (κ2) is 5.71. The fourth-order valence-corrected chi connectivity index (χ4v) is 2.87. The van der Waals surface area contributed by atoms with Gasteiger partial charge >= 0.3 is 5.97 Å². The minimum atomic E-state index is -3.93. The van der Waals surface area contributed by atoms with Crippen LogP contribution in [0.2, 0.25) is 5.02 Å². The Balaban J connectivity index is 2.28. The number of anilines is 1. The molecule has 2 rings (SSSR count). The Morgan fingerprint density at radius 3 is 2.29 bits per heavy atom. The van der Waals surface area contributed by atoms with E-state index in [4.69, 9.17) is 16.7 Å². The lowest BCUT2D eigenvalue weighted by atomic mass is 10.2.